The van der Waals surface area contributed by atoms with E-state index in [1.807, 2.05) is 12.3 Å². The van der Waals surface area contributed by atoms with E-state index < -0.39 is 0 Å². The Balaban J connectivity index is 2.90. The molecule has 1 aliphatic rings. The Morgan fingerprint density at radius 2 is 2.20 bits per heavy atom. The molecule has 0 N–H and O–H groups in total. The van der Waals surface area contributed by atoms with Gasteiger partial charge >= 0.3 is 0 Å². The van der Waals surface area contributed by atoms with Gasteiger partial charge in [-0.15, -0.1) is 0 Å². The Morgan fingerprint density at radius 3 is 3.00 bits per heavy atom. The van der Waals surface area contributed by atoms with Crippen molar-refractivity contribution in [1.29, 1.82) is 0 Å². The average molecular weight is 134 g/mol. The maximum atomic E-state index is 3.98. The smallest absolute Gasteiger partial charge is 0.0878 e. The van der Waals surface area contributed by atoms with E-state index in [0.717, 1.165) is 0 Å². The van der Waals surface area contributed by atoms with Gasteiger partial charge in [0, 0.05) is 23.7 Å². The highest BCUT2D eigenvalue weighted by Crippen LogP contribution is 2.13. The van der Waals surface area contributed by atoms with Gasteiger partial charge in [0.15, 0.2) is 0 Å². The van der Waals surface area contributed by atoms with Crippen molar-refractivity contribution >= 4 is 12.1 Å². The Labute approximate surface area is 60.7 Å². The lowest BCUT2D eigenvalue weighted by molar-refractivity contribution is 0.692. The minimum absolute atomic E-state index is 0.0160. The molecule has 1 aliphatic heterocycles. The minimum Gasteiger partial charge on any atom is -0.258 e. The van der Waals surface area contributed by atoms with Crippen LogP contribution in [-0.2, 0) is 0 Å². The van der Waals surface area contributed by atoms with Gasteiger partial charge in [0.1, 0.15) is 0 Å². The summed E-state index contributed by atoms with van der Waals surface area (Å²) < 4.78 is 0. The summed E-state index contributed by atoms with van der Waals surface area (Å²) in [5.41, 5.74) is 0.0160. The Bertz CT molecular complexity index is 208. The fourth-order valence-electron chi connectivity index (χ4n) is 0.611. The molecule has 0 aromatic heterocycles. The van der Waals surface area contributed by atoms with Crippen molar-refractivity contribution in [1.82, 2.24) is 0 Å². The van der Waals surface area contributed by atoms with Crippen molar-refractivity contribution in [3.8, 4) is 0 Å². The molecule has 1 heterocycles. The zero-order chi connectivity index (χ0) is 7.45. The van der Waals surface area contributed by atoms with Crippen LogP contribution in [0.5, 0.6) is 0 Å². The van der Waals surface area contributed by atoms with Crippen LogP contribution in [0.2, 0.25) is 0 Å². The number of rotatable bonds is 0. The topological polar surface area (TPSA) is 24.7 Å². The molecule has 0 aliphatic carbocycles. The van der Waals surface area contributed by atoms with E-state index in [1.165, 1.54) is 0 Å². The van der Waals surface area contributed by atoms with Crippen LogP contribution in [0.4, 0.5) is 0 Å². The van der Waals surface area contributed by atoms with Crippen molar-refractivity contribution < 1.29 is 0 Å². The summed E-state index contributed by atoms with van der Waals surface area (Å²) >= 11 is 0. The summed E-state index contributed by atoms with van der Waals surface area (Å²) in [6, 6.07) is 0. The molecule has 0 amide bonds. The number of hydrogen-bond donors (Lipinski definition) is 0. The zero-order valence-corrected chi connectivity index (χ0v) is 6.20. The molecule has 0 saturated heterocycles. The molecule has 2 heteroatoms. The summed E-state index contributed by atoms with van der Waals surface area (Å²) in [6.45, 7) is 4.14. The normalized spacial score (nSPS) is 23.8. The number of hydrogen-bond acceptors (Lipinski definition) is 2. The van der Waals surface area contributed by atoms with Crippen molar-refractivity contribution in [3.63, 3.8) is 0 Å². The summed E-state index contributed by atoms with van der Waals surface area (Å²) in [4.78, 5) is 7.80. The lowest BCUT2D eigenvalue weighted by Crippen LogP contribution is -2.08. The first-order chi connectivity index (χ1) is 4.71. The predicted octanol–water partition coefficient (Wildman–Crippen LogP) is 1.79. The third kappa shape index (κ3) is 2.00. The Kier molecular flexibility index (Phi) is 1.83. The standard InChI is InChI=1S/C8H10N2/c1-8(2)3-4-9-5-6-10-7-8/h3-4,6-7H,1-2H3/b4-3-,10-7?. The molecule has 0 fully saturated rings. The average Bonchev–Trinajstić information content (AvgIpc) is 1.81. The predicted molar refractivity (Wildman–Crippen MR) is 43.4 cm³/mol. The van der Waals surface area contributed by atoms with Gasteiger partial charge < -0.3 is 0 Å². The molecule has 0 spiro atoms. The van der Waals surface area contributed by atoms with Gasteiger partial charge in [-0.25, -0.2) is 4.99 Å². The highest BCUT2D eigenvalue weighted by atomic mass is 14.7. The van der Waals surface area contributed by atoms with Gasteiger partial charge in [-0.1, -0.05) is 19.9 Å². The fraction of sp³-hybridized carbons (Fsp3) is 0.375. The van der Waals surface area contributed by atoms with E-state index >= 15 is 0 Å². The molecule has 0 bridgehead atoms. The highest BCUT2D eigenvalue weighted by molar-refractivity contribution is 5.70. The first-order valence-corrected chi connectivity index (χ1v) is 3.20. The number of nitrogens with zero attached hydrogens (tertiary/aromatic N) is 2. The molecule has 2 nitrogen and oxygen atoms in total. The number of aliphatic imine (C=N–C) groups is 2. The number of allylic oxidation sites excluding steroid dienone is 1. The quantitative estimate of drug-likeness (QED) is 0.482. The van der Waals surface area contributed by atoms with E-state index in [-0.39, 0.29) is 5.41 Å². The summed E-state index contributed by atoms with van der Waals surface area (Å²) in [7, 11) is 0. The SMILES string of the molecule is CC1(C)C=NC=C=N/C=C\1. The van der Waals surface area contributed by atoms with Crippen LogP contribution in [-0.4, -0.2) is 12.1 Å². The Hall–Kier alpha value is -1.14. The van der Waals surface area contributed by atoms with E-state index in [0.29, 0.717) is 0 Å². The summed E-state index contributed by atoms with van der Waals surface area (Å²) in [5.74, 6) is 2.64. The van der Waals surface area contributed by atoms with Crippen LogP contribution >= 0.6 is 0 Å². The summed E-state index contributed by atoms with van der Waals surface area (Å²) in [5, 5.41) is 0. The van der Waals surface area contributed by atoms with Crippen molar-refractivity contribution in [2.45, 2.75) is 13.8 Å². The van der Waals surface area contributed by atoms with Gasteiger partial charge in [-0.3, -0.25) is 4.99 Å². The van der Waals surface area contributed by atoms with Crippen LogP contribution < -0.4 is 0 Å². The minimum atomic E-state index is 0.0160. The van der Waals surface area contributed by atoms with Crippen LogP contribution in [0.3, 0.4) is 0 Å². The molecule has 0 aromatic rings. The van der Waals surface area contributed by atoms with Gasteiger partial charge in [0.05, 0.1) is 6.20 Å². The second kappa shape index (κ2) is 2.63. The third-order valence-electron chi connectivity index (χ3n) is 1.19. The first kappa shape index (κ1) is 6.97. The Morgan fingerprint density at radius 1 is 1.40 bits per heavy atom. The van der Waals surface area contributed by atoms with Gasteiger partial charge in [-0.2, -0.15) is 0 Å². The largest absolute Gasteiger partial charge is 0.258 e. The zero-order valence-electron chi connectivity index (χ0n) is 6.20. The second-order valence-electron chi connectivity index (χ2n) is 2.80. The summed E-state index contributed by atoms with van der Waals surface area (Å²) in [6.07, 6.45) is 7.15. The van der Waals surface area contributed by atoms with Gasteiger partial charge in [0.2, 0.25) is 0 Å². The molecule has 0 atom stereocenters. The molecule has 10 heavy (non-hydrogen) atoms. The van der Waals surface area contributed by atoms with Crippen molar-refractivity contribution in [2.24, 2.45) is 15.4 Å². The third-order valence-corrected chi connectivity index (χ3v) is 1.19. The molecule has 0 saturated carbocycles. The maximum absolute atomic E-state index is 3.98. The molecule has 52 valence electrons. The van der Waals surface area contributed by atoms with Crippen LogP contribution in [0.15, 0.2) is 28.5 Å². The van der Waals surface area contributed by atoms with Gasteiger partial charge in [-0.05, 0) is 0 Å². The van der Waals surface area contributed by atoms with E-state index in [4.69, 9.17) is 0 Å². The molecule has 0 aromatic carbocycles. The van der Waals surface area contributed by atoms with Crippen molar-refractivity contribution in [3.05, 3.63) is 18.5 Å². The maximum Gasteiger partial charge on any atom is 0.0878 e. The monoisotopic (exact) mass is 134 g/mol. The molecule has 1 rings (SSSR count). The first-order valence-electron chi connectivity index (χ1n) is 3.20. The lowest BCUT2D eigenvalue weighted by atomic mass is 9.95. The van der Waals surface area contributed by atoms with E-state index in [9.17, 15) is 0 Å². The van der Waals surface area contributed by atoms with Crippen LogP contribution in [0, 0.1) is 5.41 Å². The molecule has 0 unspecified atom stereocenters. The molecule has 0 radical (unpaired) electrons. The van der Waals surface area contributed by atoms with E-state index in [2.05, 4.69) is 29.7 Å². The van der Waals surface area contributed by atoms with Crippen LogP contribution in [0.1, 0.15) is 13.8 Å². The molecular weight excluding hydrogens is 124 g/mol. The van der Waals surface area contributed by atoms with Crippen molar-refractivity contribution in [2.75, 3.05) is 0 Å². The second-order valence-corrected chi connectivity index (χ2v) is 2.80. The highest BCUT2D eigenvalue weighted by Gasteiger charge is 2.08. The fourth-order valence-corrected chi connectivity index (χ4v) is 0.611. The van der Waals surface area contributed by atoms with Crippen LogP contribution in [0.25, 0.3) is 0 Å². The molecular formula is C8H10N2. The van der Waals surface area contributed by atoms with E-state index in [1.54, 1.807) is 12.4 Å². The lowest BCUT2D eigenvalue weighted by Gasteiger charge is -2.11. The van der Waals surface area contributed by atoms with Gasteiger partial charge in [0.25, 0.3) is 0 Å².